The molecule has 1 aliphatic carbocycles. The number of hydrogen-bond donors (Lipinski definition) is 2. The molecule has 0 aromatic heterocycles. The molecule has 0 aliphatic heterocycles. The van der Waals surface area contributed by atoms with Gasteiger partial charge in [0.1, 0.15) is 0 Å². The van der Waals surface area contributed by atoms with Crippen LogP contribution >= 0.6 is 0 Å². The Morgan fingerprint density at radius 2 is 2.06 bits per heavy atom. The van der Waals surface area contributed by atoms with E-state index in [9.17, 15) is 0 Å². The summed E-state index contributed by atoms with van der Waals surface area (Å²) in [6, 6.07) is 10.3. The maximum atomic E-state index is 5.97. The zero-order valence-electron chi connectivity index (χ0n) is 11.3. The summed E-state index contributed by atoms with van der Waals surface area (Å²) in [6.07, 6.45) is 3.69. The molecule has 3 unspecified atom stereocenters. The third-order valence-corrected chi connectivity index (χ3v) is 4.06. The summed E-state index contributed by atoms with van der Waals surface area (Å²) < 4.78 is 0. The summed E-state index contributed by atoms with van der Waals surface area (Å²) >= 11 is 0. The van der Waals surface area contributed by atoms with E-state index in [1.807, 2.05) is 30.3 Å². The van der Waals surface area contributed by atoms with Gasteiger partial charge in [-0.15, -0.1) is 0 Å². The number of rotatable bonds is 3. The molecule has 18 heavy (non-hydrogen) atoms. The minimum Gasteiger partial charge on any atom is -0.370 e. The molecule has 0 radical (unpaired) electrons. The highest BCUT2D eigenvalue weighted by molar-refractivity contribution is 5.92. The average Bonchev–Trinajstić information content (AvgIpc) is 2.71. The van der Waals surface area contributed by atoms with E-state index in [0.29, 0.717) is 17.9 Å². The predicted octanol–water partition coefficient (Wildman–Crippen LogP) is 3.24. The Hall–Kier alpha value is -1.51. The largest absolute Gasteiger partial charge is 0.370 e. The SMILES string of the molecule is CCC1CCC(N=C(N)Nc2ccccc2)C1C. The van der Waals surface area contributed by atoms with Crippen LogP contribution in [-0.4, -0.2) is 12.0 Å². The molecule has 98 valence electrons. The Bertz CT molecular complexity index is 399. The Balaban J connectivity index is 1.97. The first-order valence-corrected chi connectivity index (χ1v) is 6.86. The van der Waals surface area contributed by atoms with E-state index in [1.54, 1.807) is 0 Å². The first kappa shape index (κ1) is 12.9. The fraction of sp³-hybridized carbons (Fsp3) is 0.533. The molecule has 3 nitrogen and oxygen atoms in total. The van der Waals surface area contributed by atoms with Crippen molar-refractivity contribution in [2.45, 2.75) is 39.2 Å². The van der Waals surface area contributed by atoms with Crippen LogP contribution in [0.3, 0.4) is 0 Å². The predicted molar refractivity (Wildman–Crippen MR) is 77.7 cm³/mol. The van der Waals surface area contributed by atoms with Crippen LogP contribution in [0.25, 0.3) is 0 Å². The van der Waals surface area contributed by atoms with Gasteiger partial charge in [0.05, 0.1) is 6.04 Å². The minimum atomic E-state index is 0.381. The molecule has 1 aliphatic rings. The zero-order chi connectivity index (χ0) is 13.0. The van der Waals surface area contributed by atoms with Crippen molar-refractivity contribution in [2.75, 3.05) is 5.32 Å². The summed E-state index contributed by atoms with van der Waals surface area (Å²) in [7, 11) is 0. The average molecular weight is 245 g/mol. The van der Waals surface area contributed by atoms with E-state index in [-0.39, 0.29) is 0 Å². The summed E-state index contributed by atoms with van der Waals surface area (Å²) in [5.74, 6) is 1.99. The molecule has 1 fully saturated rings. The Morgan fingerprint density at radius 3 is 2.67 bits per heavy atom. The van der Waals surface area contributed by atoms with Crippen molar-refractivity contribution in [3.8, 4) is 0 Å². The summed E-state index contributed by atoms with van der Waals surface area (Å²) in [5, 5.41) is 3.15. The Morgan fingerprint density at radius 1 is 1.33 bits per heavy atom. The standard InChI is InChI=1S/C15H23N3/c1-3-12-9-10-14(11(12)2)18-15(16)17-13-7-5-4-6-8-13/h4-8,11-12,14H,3,9-10H2,1-2H3,(H3,16,17,18). The van der Waals surface area contributed by atoms with E-state index in [0.717, 1.165) is 18.0 Å². The number of guanidine groups is 1. The van der Waals surface area contributed by atoms with Crippen LogP contribution in [-0.2, 0) is 0 Å². The van der Waals surface area contributed by atoms with Crippen LogP contribution in [0, 0.1) is 11.8 Å². The number of aliphatic imine (C=N–C) groups is 1. The van der Waals surface area contributed by atoms with Crippen molar-refractivity contribution in [3.63, 3.8) is 0 Å². The molecule has 3 N–H and O–H groups in total. The molecule has 2 rings (SSSR count). The molecule has 1 aromatic rings. The first-order valence-electron chi connectivity index (χ1n) is 6.86. The molecular formula is C15H23N3. The molecule has 3 heteroatoms. The second-order valence-electron chi connectivity index (χ2n) is 5.18. The van der Waals surface area contributed by atoms with Gasteiger partial charge in [0.15, 0.2) is 5.96 Å². The minimum absolute atomic E-state index is 0.381. The van der Waals surface area contributed by atoms with Gasteiger partial charge in [-0.2, -0.15) is 0 Å². The maximum Gasteiger partial charge on any atom is 0.193 e. The fourth-order valence-electron chi connectivity index (χ4n) is 2.86. The fourth-order valence-corrected chi connectivity index (χ4v) is 2.86. The molecular weight excluding hydrogens is 222 g/mol. The van der Waals surface area contributed by atoms with E-state index in [4.69, 9.17) is 5.73 Å². The lowest BCUT2D eigenvalue weighted by Gasteiger charge is -2.17. The van der Waals surface area contributed by atoms with Gasteiger partial charge in [0.25, 0.3) is 0 Å². The summed E-state index contributed by atoms with van der Waals surface area (Å²) in [4.78, 5) is 4.63. The third-order valence-electron chi connectivity index (χ3n) is 4.06. The zero-order valence-corrected chi connectivity index (χ0v) is 11.3. The van der Waals surface area contributed by atoms with Gasteiger partial charge < -0.3 is 11.1 Å². The highest BCUT2D eigenvalue weighted by Crippen LogP contribution is 2.35. The quantitative estimate of drug-likeness (QED) is 0.634. The molecule has 0 bridgehead atoms. The number of benzene rings is 1. The van der Waals surface area contributed by atoms with Crippen LogP contribution in [0.5, 0.6) is 0 Å². The summed E-state index contributed by atoms with van der Waals surface area (Å²) in [5.41, 5.74) is 6.97. The number of para-hydroxylation sites is 1. The molecule has 1 saturated carbocycles. The van der Waals surface area contributed by atoms with Gasteiger partial charge in [0, 0.05) is 5.69 Å². The number of nitrogens with two attached hydrogens (primary N) is 1. The molecule has 0 saturated heterocycles. The molecule has 3 atom stereocenters. The van der Waals surface area contributed by atoms with Crippen molar-refractivity contribution >= 4 is 11.6 Å². The lowest BCUT2D eigenvalue weighted by Crippen LogP contribution is -2.26. The maximum absolute atomic E-state index is 5.97. The van der Waals surface area contributed by atoms with Gasteiger partial charge in [-0.3, -0.25) is 0 Å². The van der Waals surface area contributed by atoms with E-state index < -0.39 is 0 Å². The summed E-state index contributed by atoms with van der Waals surface area (Å²) in [6.45, 7) is 4.56. The van der Waals surface area contributed by atoms with Gasteiger partial charge >= 0.3 is 0 Å². The van der Waals surface area contributed by atoms with Crippen molar-refractivity contribution in [1.29, 1.82) is 0 Å². The van der Waals surface area contributed by atoms with Crippen molar-refractivity contribution < 1.29 is 0 Å². The highest BCUT2D eigenvalue weighted by atomic mass is 15.1. The van der Waals surface area contributed by atoms with Gasteiger partial charge in [-0.1, -0.05) is 38.5 Å². The number of hydrogen-bond acceptors (Lipinski definition) is 1. The lowest BCUT2D eigenvalue weighted by atomic mass is 9.94. The Kier molecular flexibility index (Phi) is 4.24. The van der Waals surface area contributed by atoms with Crippen LogP contribution in [0.15, 0.2) is 35.3 Å². The first-order chi connectivity index (χ1) is 8.70. The van der Waals surface area contributed by atoms with Gasteiger partial charge in [0.2, 0.25) is 0 Å². The van der Waals surface area contributed by atoms with Crippen LogP contribution in [0.2, 0.25) is 0 Å². The molecule has 1 aromatic carbocycles. The third kappa shape index (κ3) is 3.03. The second-order valence-corrected chi connectivity index (χ2v) is 5.18. The second kappa shape index (κ2) is 5.89. The van der Waals surface area contributed by atoms with E-state index >= 15 is 0 Å². The monoisotopic (exact) mass is 245 g/mol. The van der Waals surface area contributed by atoms with E-state index in [1.165, 1.54) is 12.8 Å². The van der Waals surface area contributed by atoms with Crippen LogP contribution < -0.4 is 11.1 Å². The van der Waals surface area contributed by atoms with Crippen molar-refractivity contribution in [1.82, 2.24) is 0 Å². The van der Waals surface area contributed by atoms with Crippen LogP contribution in [0.4, 0.5) is 5.69 Å². The number of nitrogens with zero attached hydrogens (tertiary/aromatic N) is 1. The smallest absolute Gasteiger partial charge is 0.193 e. The Labute approximate surface area is 109 Å². The van der Waals surface area contributed by atoms with Gasteiger partial charge in [-0.05, 0) is 36.8 Å². The normalized spacial score (nSPS) is 28.3. The topological polar surface area (TPSA) is 50.4 Å². The van der Waals surface area contributed by atoms with Gasteiger partial charge in [-0.25, -0.2) is 4.99 Å². The van der Waals surface area contributed by atoms with E-state index in [2.05, 4.69) is 24.2 Å². The lowest BCUT2D eigenvalue weighted by molar-refractivity contribution is 0.383. The number of anilines is 1. The van der Waals surface area contributed by atoms with Crippen molar-refractivity contribution in [2.24, 2.45) is 22.6 Å². The molecule has 0 heterocycles. The highest BCUT2D eigenvalue weighted by Gasteiger charge is 2.31. The molecule has 0 spiro atoms. The van der Waals surface area contributed by atoms with Crippen LogP contribution in [0.1, 0.15) is 33.1 Å². The molecule has 0 amide bonds. The van der Waals surface area contributed by atoms with Crippen molar-refractivity contribution in [3.05, 3.63) is 30.3 Å². The number of nitrogens with one attached hydrogen (secondary N) is 1.